The van der Waals surface area contributed by atoms with Crippen LogP contribution in [0.2, 0.25) is 0 Å². The second-order valence-corrected chi connectivity index (χ2v) is 6.03. The van der Waals surface area contributed by atoms with Gasteiger partial charge in [-0.25, -0.2) is 0 Å². The van der Waals surface area contributed by atoms with E-state index in [2.05, 4.69) is 60.8 Å². The standard InChI is InChI=1S/C20H25N/c1-2-14-21-20-11-7-6-10-17-12-13-18(15-19(17)20)16-8-4-3-5-9-16/h3-5,8-9,12-13,15,20-21H,2,6-7,10-11,14H2,1H3. The van der Waals surface area contributed by atoms with Crippen molar-refractivity contribution < 1.29 is 0 Å². The predicted octanol–water partition coefficient (Wildman–Crippen LogP) is 5.12. The Kier molecular flexibility index (Phi) is 4.72. The number of aryl methyl sites for hydroxylation is 1. The summed E-state index contributed by atoms with van der Waals surface area (Å²) in [5, 5.41) is 3.75. The average molecular weight is 279 g/mol. The molecule has 2 aromatic carbocycles. The van der Waals surface area contributed by atoms with E-state index in [4.69, 9.17) is 0 Å². The van der Waals surface area contributed by atoms with Gasteiger partial charge in [0.2, 0.25) is 0 Å². The van der Waals surface area contributed by atoms with Gasteiger partial charge in [-0.1, -0.05) is 55.8 Å². The van der Waals surface area contributed by atoms with Crippen LogP contribution in [0, 0.1) is 0 Å². The van der Waals surface area contributed by atoms with E-state index in [1.54, 1.807) is 5.56 Å². The minimum absolute atomic E-state index is 0.533. The molecule has 1 nitrogen and oxygen atoms in total. The van der Waals surface area contributed by atoms with Crippen molar-refractivity contribution in [2.24, 2.45) is 0 Å². The molecule has 0 aromatic heterocycles. The van der Waals surface area contributed by atoms with Gasteiger partial charge in [0.05, 0.1) is 0 Å². The quantitative estimate of drug-likeness (QED) is 0.766. The van der Waals surface area contributed by atoms with Gasteiger partial charge >= 0.3 is 0 Å². The van der Waals surface area contributed by atoms with E-state index in [9.17, 15) is 0 Å². The first-order chi connectivity index (χ1) is 10.4. The lowest BCUT2D eigenvalue weighted by atomic mass is 9.94. The van der Waals surface area contributed by atoms with E-state index >= 15 is 0 Å². The lowest BCUT2D eigenvalue weighted by Gasteiger charge is -2.20. The third-order valence-corrected chi connectivity index (χ3v) is 4.46. The van der Waals surface area contributed by atoms with Crippen LogP contribution in [-0.2, 0) is 6.42 Å². The molecule has 0 saturated heterocycles. The maximum absolute atomic E-state index is 3.75. The molecular weight excluding hydrogens is 254 g/mol. The lowest BCUT2D eigenvalue weighted by Crippen LogP contribution is -2.22. The molecular formula is C20H25N. The number of hydrogen-bond donors (Lipinski definition) is 1. The highest BCUT2D eigenvalue weighted by atomic mass is 14.9. The van der Waals surface area contributed by atoms with Crippen LogP contribution in [-0.4, -0.2) is 6.54 Å². The zero-order valence-electron chi connectivity index (χ0n) is 12.9. The Bertz CT molecular complexity index is 574. The van der Waals surface area contributed by atoms with Gasteiger partial charge in [-0.15, -0.1) is 0 Å². The first-order valence-corrected chi connectivity index (χ1v) is 8.30. The van der Waals surface area contributed by atoms with Crippen LogP contribution in [0.15, 0.2) is 48.5 Å². The van der Waals surface area contributed by atoms with Crippen LogP contribution in [0.5, 0.6) is 0 Å². The second kappa shape index (κ2) is 6.91. The molecule has 1 aliphatic carbocycles. The van der Waals surface area contributed by atoms with E-state index in [1.807, 2.05) is 0 Å². The summed E-state index contributed by atoms with van der Waals surface area (Å²) in [7, 11) is 0. The number of hydrogen-bond acceptors (Lipinski definition) is 1. The van der Waals surface area contributed by atoms with Crippen molar-refractivity contribution in [3.8, 4) is 11.1 Å². The molecule has 1 heteroatoms. The molecule has 0 amide bonds. The van der Waals surface area contributed by atoms with Crippen LogP contribution in [0.25, 0.3) is 11.1 Å². The Hall–Kier alpha value is -1.60. The summed E-state index contributed by atoms with van der Waals surface area (Å²) in [5.41, 5.74) is 5.74. The fraction of sp³-hybridized carbons (Fsp3) is 0.400. The van der Waals surface area contributed by atoms with Crippen molar-refractivity contribution in [3.05, 3.63) is 59.7 Å². The molecule has 0 spiro atoms. The van der Waals surface area contributed by atoms with Gasteiger partial charge in [0, 0.05) is 6.04 Å². The first-order valence-electron chi connectivity index (χ1n) is 8.30. The third-order valence-electron chi connectivity index (χ3n) is 4.46. The van der Waals surface area contributed by atoms with Crippen molar-refractivity contribution in [3.63, 3.8) is 0 Å². The number of rotatable bonds is 4. The first kappa shape index (κ1) is 14.3. The van der Waals surface area contributed by atoms with Gasteiger partial charge < -0.3 is 5.32 Å². The zero-order valence-corrected chi connectivity index (χ0v) is 12.9. The molecule has 1 unspecified atom stereocenters. The van der Waals surface area contributed by atoms with E-state index in [1.165, 1.54) is 48.8 Å². The molecule has 21 heavy (non-hydrogen) atoms. The van der Waals surface area contributed by atoms with Crippen LogP contribution < -0.4 is 5.32 Å². The van der Waals surface area contributed by atoms with Crippen LogP contribution >= 0.6 is 0 Å². The van der Waals surface area contributed by atoms with Crippen LogP contribution in [0.4, 0.5) is 0 Å². The van der Waals surface area contributed by atoms with E-state index < -0.39 is 0 Å². The summed E-state index contributed by atoms with van der Waals surface area (Å²) >= 11 is 0. The van der Waals surface area contributed by atoms with Gasteiger partial charge in [0.1, 0.15) is 0 Å². The van der Waals surface area contributed by atoms with Crippen molar-refractivity contribution in [2.75, 3.05) is 6.54 Å². The molecule has 2 aromatic rings. The Labute approximate surface area is 128 Å². The molecule has 0 fully saturated rings. The normalized spacial score (nSPS) is 18.0. The minimum Gasteiger partial charge on any atom is -0.310 e. The minimum atomic E-state index is 0.533. The highest BCUT2D eigenvalue weighted by molar-refractivity contribution is 5.65. The van der Waals surface area contributed by atoms with E-state index in [0.717, 1.165) is 6.54 Å². The van der Waals surface area contributed by atoms with Crippen molar-refractivity contribution in [1.82, 2.24) is 5.32 Å². The number of benzene rings is 2. The number of nitrogens with one attached hydrogen (secondary N) is 1. The summed E-state index contributed by atoms with van der Waals surface area (Å²) in [4.78, 5) is 0. The van der Waals surface area contributed by atoms with Gasteiger partial charge in [-0.05, 0) is 60.5 Å². The summed E-state index contributed by atoms with van der Waals surface area (Å²) in [6, 6.07) is 18.3. The van der Waals surface area contributed by atoms with Crippen molar-refractivity contribution >= 4 is 0 Å². The molecule has 0 aliphatic heterocycles. The van der Waals surface area contributed by atoms with E-state index in [0.29, 0.717) is 6.04 Å². The predicted molar refractivity (Wildman–Crippen MR) is 90.5 cm³/mol. The van der Waals surface area contributed by atoms with E-state index in [-0.39, 0.29) is 0 Å². The molecule has 3 rings (SSSR count). The Morgan fingerprint density at radius 1 is 1.00 bits per heavy atom. The molecule has 0 bridgehead atoms. The smallest absolute Gasteiger partial charge is 0.0323 e. The molecule has 1 atom stereocenters. The summed E-state index contributed by atoms with van der Waals surface area (Å²) in [5.74, 6) is 0. The molecule has 1 aliphatic rings. The summed E-state index contributed by atoms with van der Waals surface area (Å²) < 4.78 is 0. The van der Waals surface area contributed by atoms with Gasteiger partial charge in [0.25, 0.3) is 0 Å². The second-order valence-electron chi connectivity index (χ2n) is 6.03. The topological polar surface area (TPSA) is 12.0 Å². The Morgan fingerprint density at radius 3 is 2.67 bits per heavy atom. The highest BCUT2D eigenvalue weighted by Gasteiger charge is 2.18. The fourth-order valence-electron chi connectivity index (χ4n) is 3.31. The number of fused-ring (bicyclic) bond motifs is 1. The SMILES string of the molecule is CCCNC1CCCCc2ccc(-c3ccccc3)cc21. The Balaban J connectivity index is 1.95. The Morgan fingerprint density at radius 2 is 1.86 bits per heavy atom. The van der Waals surface area contributed by atoms with Crippen LogP contribution in [0.1, 0.15) is 49.8 Å². The lowest BCUT2D eigenvalue weighted by molar-refractivity contribution is 0.490. The monoisotopic (exact) mass is 279 g/mol. The fourth-order valence-corrected chi connectivity index (χ4v) is 3.31. The van der Waals surface area contributed by atoms with Gasteiger partial charge in [-0.2, -0.15) is 0 Å². The zero-order chi connectivity index (χ0) is 14.5. The molecule has 0 radical (unpaired) electrons. The van der Waals surface area contributed by atoms with Gasteiger partial charge in [-0.3, -0.25) is 0 Å². The third kappa shape index (κ3) is 3.36. The molecule has 0 saturated carbocycles. The summed E-state index contributed by atoms with van der Waals surface area (Å²) in [6.07, 6.45) is 6.35. The largest absolute Gasteiger partial charge is 0.310 e. The van der Waals surface area contributed by atoms with Gasteiger partial charge in [0.15, 0.2) is 0 Å². The maximum atomic E-state index is 3.75. The molecule has 0 heterocycles. The molecule has 1 N–H and O–H groups in total. The van der Waals surface area contributed by atoms with Crippen molar-refractivity contribution in [2.45, 2.75) is 45.1 Å². The van der Waals surface area contributed by atoms with Crippen molar-refractivity contribution in [1.29, 1.82) is 0 Å². The maximum Gasteiger partial charge on any atom is 0.0323 e. The molecule has 110 valence electrons. The average Bonchev–Trinajstić information content (AvgIpc) is 2.75. The van der Waals surface area contributed by atoms with Crippen LogP contribution in [0.3, 0.4) is 0 Å². The highest BCUT2D eigenvalue weighted by Crippen LogP contribution is 2.32. The summed E-state index contributed by atoms with van der Waals surface area (Å²) in [6.45, 7) is 3.35.